The average Bonchev–Trinajstić information content (AvgIpc) is 3.31. The van der Waals surface area contributed by atoms with Gasteiger partial charge < -0.3 is 15.1 Å². The predicted octanol–water partition coefficient (Wildman–Crippen LogP) is 3.72. The summed E-state index contributed by atoms with van der Waals surface area (Å²) in [6.45, 7) is 11.2. The van der Waals surface area contributed by atoms with Gasteiger partial charge in [-0.05, 0) is 56.0 Å². The number of nitrogens with one attached hydrogen (secondary N) is 1. The predicted molar refractivity (Wildman–Crippen MR) is 114 cm³/mol. The van der Waals surface area contributed by atoms with Crippen LogP contribution in [0.3, 0.4) is 0 Å². The maximum absolute atomic E-state index is 4.57. The molecule has 26 heavy (non-hydrogen) atoms. The molecule has 0 aromatic heterocycles. The molecule has 1 saturated carbocycles. The van der Waals surface area contributed by atoms with Gasteiger partial charge in [-0.15, -0.1) is 0 Å². The molecular weight excluding hydrogens is 388 g/mol. The van der Waals surface area contributed by atoms with Crippen molar-refractivity contribution in [3.8, 4) is 0 Å². The molecule has 1 saturated heterocycles. The molecule has 0 spiro atoms. The van der Waals surface area contributed by atoms with E-state index in [0.29, 0.717) is 5.41 Å². The zero-order valence-electron chi connectivity index (χ0n) is 16.5. The molecule has 2 fully saturated rings. The van der Waals surface area contributed by atoms with Crippen LogP contribution in [0.5, 0.6) is 0 Å². The largest absolute Gasteiger partial charge is 0.355 e. The van der Waals surface area contributed by atoms with Gasteiger partial charge in [0.1, 0.15) is 0 Å². The van der Waals surface area contributed by atoms with Crippen LogP contribution in [0.1, 0.15) is 38.7 Å². The summed E-state index contributed by atoms with van der Waals surface area (Å²) in [6.07, 6.45) is 3.80. The standard InChI is InChI=1S/C21H33BrN4/c1-4-25(5-2)14-17-9-12-26(15-17)20(23-3)24-16-21(10-11-21)18-7-6-8-19(22)13-18/h6-8,13,17H,4-5,9-12,14-16H2,1-3H3,(H,23,24). The van der Waals surface area contributed by atoms with E-state index < -0.39 is 0 Å². The van der Waals surface area contributed by atoms with Gasteiger partial charge in [-0.3, -0.25) is 4.99 Å². The monoisotopic (exact) mass is 420 g/mol. The number of likely N-dealkylation sites (tertiary alicyclic amines) is 1. The van der Waals surface area contributed by atoms with Gasteiger partial charge in [0.25, 0.3) is 0 Å². The van der Waals surface area contributed by atoms with Crippen LogP contribution >= 0.6 is 15.9 Å². The minimum absolute atomic E-state index is 0.292. The van der Waals surface area contributed by atoms with Gasteiger partial charge in [-0.1, -0.05) is 41.9 Å². The normalized spacial score (nSPS) is 22.1. The van der Waals surface area contributed by atoms with E-state index in [-0.39, 0.29) is 0 Å². The summed E-state index contributed by atoms with van der Waals surface area (Å²) in [7, 11) is 1.92. The lowest BCUT2D eigenvalue weighted by molar-refractivity contribution is 0.255. The van der Waals surface area contributed by atoms with Gasteiger partial charge in [0.15, 0.2) is 5.96 Å². The molecular formula is C21H33BrN4. The molecule has 1 aliphatic heterocycles. The molecule has 0 amide bonds. The third kappa shape index (κ3) is 4.61. The van der Waals surface area contributed by atoms with Gasteiger partial charge >= 0.3 is 0 Å². The minimum Gasteiger partial charge on any atom is -0.355 e. The van der Waals surface area contributed by atoms with Crippen LogP contribution in [-0.2, 0) is 5.41 Å². The van der Waals surface area contributed by atoms with Gasteiger partial charge in [0, 0.05) is 43.1 Å². The Morgan fingerprint density at radius 1 is 1.35 bits per heavy atom. The minimum atomic E-state index is 0.292. The third-order valence-corrected chi connectivity index (χ3v) is 6.58. The lowest BCUT2D eigenvalue weighted by Gasteiger charge is -2.26. The molecule has 0 bridgehead atoms. The van der Waals surface area contributed by atoms with Crippen LogP contribution in [0.4, 0.5) is 0 Å². The van der Waals surface area contributed by atoms with E-state index in [2.05, 4.69) is 74.2 Å². The number of hydrogen-bond donors (Lipinski definition) is 1. The van der Waals surface area contributed by atoms with Crippen LogP contribution < -0.4 is 5.32 Å². The molecule has 4 nitrogen and oxygen atoms in total. The summed E-state index contributed by atoms with van der Waals surface area (Å²) in [4.78, 5) is 9.56. The van der Waals surface area contributed by atoms with Crippen molar-refractivity contribution in [1.29, 1.82) is 0 Å². The zero-order chi connectivity index (χ0) is 18.6. The molecule has 1 atom stereocenters. The van der Waals surface area contributed by atoms with Crippen LogP contribution in [0, 0.1) is 5.92 Å². The first-order valence-corrected chi connectivity index (χ1v) is 10.8. The number of hydrogen-bond acceptors (Lipinski definition) is 2. The van der Waals surface area contributed by atoms with Crippen molar-refractivity contribution in [2.45, 2.75) is 38.5 Å². The topological polar surface area (TPSA) is 30.9 Å². The van der Waals surface area contributed by atoms with Crippen molar-refractivity contribution < 1.29 is 0 Å². The summed E-state index contributed by atoms with van der Waals surface area (Å²) in [5.41, 5.74) is 1.73. The zero-order valence-corrected chi connectivity index (χ0v) is 18.1. The maximum Gasteiger partial charge on any atom is 0.193 e. The number of halogens is 1. The molecule has 5 heteroatoms. The summed E-state index contributed by atoms with van der Waals surface area (Å²) in [5, 5.41) is 3.68. The fourth-order valence-electron chi connectivity index (χ4n) is 4.14. The Labute approximate surface area is 167 Å². The first-order valence-electron chi connectivity index (χ1n) is 10.0. The van der Waals surface area contributed by atoms with Crippen LogP contribution in [0.25, 0.3) is 0 Å². The highest BCUT2D eigenvalue weighted by Crippen LogP contribution is 2.48. The third-order valence-electron chi connectivity index (χ3n) is 6.08. The van der Waals surface area contributed by atoms with Crippen LogP contribution in [0.2, 0.25) is 0 Å². The number of benzene rings is 1. The highest BCUT2D eigenvalue weighted by molar-refractivity contribution is 9.10. The fourth-order valence-corrected chi connectivity index (χ4v) is 4.54. The van der Waals surface area contributed by atoms with E-state index >= 15 is 0 Å². The van der Waals surface area contributed by atoms with E-state index in [4.69, 9.17) is 0 Å². The summed E-state index contributed by atoms with van der Waals surface area (Å²) in [5.74, 6) is 1.83. The molecule has 1 heterocycles. The van der Waals surface area contributed by atoms with Crippen molar-refractivity contribution in [2.24, 2.45) is 10.9 Å². The van der Waals surface area contributed by atoms with Crippen LogP contribution in [-0.4, -0.2) is 62.1 Å². The maximum atomic E-state index is 4.57. The van der Waals surface area contributed by atoms with E-state index in [1.807, 2.05) is 7.05 Å². The van der Waals surface area contributed by atoms with Gasteiger partial charge in [-0.25, -0.2) is 0 Å². The number of aliphatic imine (C=N–C) groups is 1. The van der Waals surface area contributed by atoms with E-state index in [1.54, 1.807) is 0 Å². The molecule has 1 aromatic carbocycles. The second kappa shape index (κ2) is 8.75. The first-order chi connectivity index (χ1) is 12.6. The first kappa shape index (κ1) is 19.7. The second-order valence-electron chi connectivity index (χ2n) is 7.78. The number of nitrogens with zero attached hydrogens (tertiary/aromatic N) is 3. The Morgan fingerprint density at radius 3 is 2.73 bits per heavy atom. The molecule has 1 aliphatic carbocycles. The van der Waals surface area contributed by atoms with Crippen molar-refractivity contribution in [1.82, 2.24) is 15.1 Å². The van der Waals surface area contributed by atoms with Crippen molar-refractivity contribution in [3.05, 3.63) is 34.3 Å². The van der Waals surface area contributed by atoms with Crippen molar-refractivity contribution in [3.63, 3.8) is 0 Å². The van der Waals surface area contributed by atoms with Gasteiger partial charge in [0.2, 0.25) is 0 Å². The molecule has 0 radical (unpaired) electrons. The Kier molecular flexibility index (Phi) is 6.62. The Morgan fingerprint density at radius 2 is 2.12 bits per heavy atom. The molecule has 1 unspecified atom stereocenters. The van der Waals surface area contributed by atoms with Gasteiger partial charge in [-0.2, -0.15) is 0 Å². The average molecular weight is 421 g/mol. The molecule has 1 N–H and O–H groups in total. The van der Waals surface area contributed by atoms with Crippen molar-refractivity contribution in [2.75, 3.05) is 46.3 Å². The molecule has 2 aliphatic rings. The highest BCUT2D eigenvalue weighted by atomic mass is 79.9. The number of rotatable bonds is 7. The van der Waals surface area contributed by atoms with Crippen molar-refractivity contribution >= 4 is 21.9 Å². The van der Waals surface area contributed by atoms with Gasteiger partial charge in [0.05, 0.1) is 0 Å². The summed E-state index contributed by atoms with van der Waals surface area (Å²) >= 11 is 3.61. The van der Waals surface area contributed by atoms with E-state index in [9.17, 15) is 0 Å². The number of guanidine groups is 1. The smallest absolute Gasteiger partial charge is 0.193 e. The highest BCUT2D eigenvalue weighted by Gasteiger charge is 2.44. The molecule has 144 valence electrons. The lowest BCUT2D eigenvalue weighted by Crippen LogP contribution is -2.43. The second-order valence-corrected chi connectivity index (χ2v) is 8.69. The quantitative estimate of drug-likeness (QED) is 0.538. The van der Waals surface area contributed by atoms with E-state index in [0.717, 1.165) is 44.6 Å². The van der Waals surface area contributed by atoms with Crippen LogP contribution in [0.15, 0.2) is 33.7 Å². The molecule has 3 rings (SSSR count). The summed E-state index contributed by atoms with van der Waals surface area (Å²) < 4.78 is 1.17. The summed E-state index contributed by atoms with van der Waals surface area (Å²) in [6, 6.07) is 8.78. The Hall–Kier alpha value is -1.07. The Balaban J connectivity index is 1.54. The Bertz CT molecular complexity index is 622. The lowest BCUT2D eigenvalue weighted by atomic mass is 9.96. The molecule has 1 aromatic rings. The SMILES string of the molecule is CCN(CC)CC1CCN(C(=NC)NCC2(c3cccc(Br)c3)CC2)C1. The van der Waals surface area contributed by atoms with E-state index in [1.165, 1.54) is 35.8 Å². The fraction of sp³-hybridized carbons (Fsp3) is 0.667.